The summed E-state index contributed by atoms with van der Waals surface area (Å²) >= 11 is 2.04. The summed E-state index contributed by atoms with van der Waals surface area (Å²) in [7, 11) is 0. The maximum Gasteiger partial charge on any atom is 0.0302 e. The molecule has 1 nitrogen and oxygen atoms in total. The van der Waals surface area contributed by atoms with Gasteiger partial charge in [0, 0.05) is 22.3 Å². The zero-order chi connectivity index (χ0) is 11.7. The molecule has 1 unspecified atom stereocenters. The predicted molar refractivity (Wildman–Crippen MR) is 74.6 cm³/mol. The maximum absolute atomic E-state index is 3.74. The van der Waals surface area contributed by atoms with Crippen molar-refractivity contribution >= 4 is 11.3 Å². The van der Waals surface area contributed by atoms with Gasteiger partial charge < -0.3 is 5.32 Å². The van der Waals surface area contributed by atoms with Crippen LogP contribution in [0.1, 0.15) is 54.3 Å². The smallest absolute Gasteiger partial charge is 0.0302 e. The van der Waals surface area contributed by atoms with E-state index in [0.717, 1.165) is 12.5 Å². The van der Waals surface area contributed by atoms with Gasteiger partial charge in [0.2, 0.25) is 0 Å². The van der Waals surface area contributed by atoms with Gasteiger partial charge in [0.25, 0.3) is 0 Å². The van der Waals surface area contributed by atoms with Gasteiger partial charge in [-0.2, -0.15) is 0 Å². The van der Waals surface area contributed by atoms with Crippen LogP contribution in [0.3, 0.4) is 0 Å². The third-order valence-electron chi connectivity index (χ3n) is 4.50. The van der Waals surface area contributed by atoms with Crippen LogP contribution in [0.2, 0.25) is 0 Å². The molecule has 0 aromatic carbocycles. The van der Waals surface area contributed by atoms with E-state index < -0.39 is 0 Å². The summed E-state index contributed by atoms with van der Waals surface area (Å²) in [6.45, 7) is 3.46. The first-order valence-corrected chi connectivity index (χ1v) is 7.98. The van der Waals surface area contributed by atoms with Gasteiger partial charge in [0.1, 0.15) is 0 Å². The van der Waals surface area contributed by atoms with E-state index in [1.807, 2.05) is 11.3 Å². The Morgan fingerprint density at radius 2 is 2.12 bits per heavy atom. The fourth-order valence-corrected chi connectivity index (χ4v) is 4.58. The minimum Gasteiger partial charge on any atom is -0.309 e. The summed E-state index contributed by atoms with van der Waals surface area (Å²) in [6.07, 6.45) is 9.81. The monoisotopic (exact) mass is 249 g/mol. The lowest BCUT2D eigenvalue weighted by Gasteiger charge is -2.19. The molecule has 1 aromatic heterocycles. The molecule has 0 spiro atoms. The SMILES string of the molecule is CC(NCc1cc2c(s1)CCC2)C1CCCC1. The zero-order valence-corrected chi connectivity index (χ0v) is 11.6. The average Bonchev–Trinajstić information content (AvgIpc) is 3.01. The molecule has 1 fully saturated rings. The fraction of sp³-hybridized carbons (Fsp3) is 0.733. The van der Waals surface area contributed by atoms with E-state index in [-0.39, 0.29) is 0 Å². The highest BCUT2D eigenvalue weighted by Crippen LogP contribution is 2.31. The van der Waals surface area contributed by atoms with Crippen LogP contribution in [0.4, 0.5) is 0 Å². The molecule has 17 heavy (non-hydrogen) atoms. The van der Waals surface area contributed by atoms with Crippen LogP contribution in [0.5, 0.6) is 0 Å². The molecular formula is C15H23NS. The fourth-order valence-electron chi connectivity index (χ4n) is 3.36. The molecule has 1 N–H and O–H groups in total. The number of rotatable bonds is 4. The Kier molecular flexibility index (Phi) is 3.53. The van der Waals surface area contributed by atoms with Crippen molar-refractivity contribution in [1.82, 2.24) is 5.32 Å². The number of thiophene rings is 1. The van der Waals surface area contributed by atoms with Crippen LogP contribution in [0.15, 0.2) is 6.07 Å². The maximum atomic E-state index is 3.74. The lowest BCUT2D eigenvalue weighted by molar-refractivity contribution is 0.381. The minimum atomic E-state index is 0.703. The normalized spacial score (nSPS) is 21.9. The van der Waals surface area contributed by atoms with Crippen LogP contribution in [0.25, 0.3) is 0 Å². The molecule has 0 aliphatic heterocycles. The van der Waals surface area contributed by atoms with Gasteiger partial charge >= 0.3 is 0 Å². The van der Waals surface area contributed by atoms with Crippen molar-refractivity contribution < 1.29 is 0 Å². The molecule has 1 heterocycles. The number of fused-ring (bicyclic) bond motifs is 1. The second-order valence-electron chi connectivity index (χ2n) is 5.73. The molecule has 0 saturated heterocycles. The quantitative estimate of drug-likeness (QED) is 0.853. The summed E-state index contributed by atoms with van der Waals surface area (Å²) in [5.41, 5.74) is 1.64. The van der Waals surface area contributed by atoms with Crippen LogP contribution >= 0.6 is 11.3 Å². The van der Waals surface area contributed by atoms with Gasteiger partial charge in [-0.05, 0) is 56.6 Å². The summed E-state index contributed by atoms with van der Waals surface area (Å²) < 4.78 is 0. The lowest BCUT2D eigenvalue weighted by atomic mass is 10.00. The molecular weight excluding hydrogens is 226 g/mol. The van der Waals surface area contributed by atoms with E-state index >= 15 is 0 Å². The van der Waals surface area contributed by atoms with Crippen LogP contribution < -0.4 is 5.32 Å². The lowest BCUT2D eigenvalue weighted by Crippen LogP contribution is -2.31. The van der Waals surface area contributed by atoms with Crippen molar-refractivity contribution in [2.24, 2.45) is 5.92 Å². The third kappa shape index (κ3) is 2.58. The molecule has 3 rings (SSSR count). The standard InChI is InChI=1S/C15H23NS/c1-11(12-5-2-3-6-12)16-10-14-9-13-7-4-8-15(13)17-14/h9,11-12,16H,2-8,10H2,1H3. The number of aryl methyl sites for hydroxylation is 2. The van der Waals surface area contributed by atoms with Gasteiger partial charge in [-0.25, -0.2) is 0 Å². The Bertz CT molecular complexity index is 355. The second kappa shape index (κ2) is 5.11. The van der Waals surface area contributed by atoms with Gasteiger partial charge in [-0.3, -0.25) is 0 Å². The number of nitrogens with one attached hydrogen (secondary N) is 1. The third-order valence-corrected chi connectivity index (χ3v) is 5.74. The topological polar surface area (TPSA) is 12.0 Å². The Balaban J connectivity index is 1.52. The largest absolute Gasteiger partial charge is 0.309 e. The Morgan fingerprint density at radius 3 is 2.88 bits per heavy atom. The number of hydrogen-bond acceptors (Lipinski definition) is 2. The Hall–Kier alpha value is -0.340. The van der Waals surface area contributed by atoms with Crippen molar-refractivity contribution in [2.75, 3.05) is 0 Å². The average molecular weight is 249 g/mol. The summed E-state index contributed by atoms with van der Waals surface area (Å²) in [5, 5.41) is 3.74. The highest BCUT2D eigenvalue weighted by Gasteiger charge is 2.21. The van der Waals surface area contributed by atoms with Gasteiger partial charge in [0.15, 0.2) is 0 Å². The molecule has 0 bridgehead atoms. The highest BCUT2D eigenvalue weighted by molar-refractivity contribution is 7.12. The van der Waals surface area contributed by atoms with E-state index in [1.54, 1.807) is 15.3 Å². The Labute approximate surface area is 109 Å². The van der Waals surface area contributed by atoms with E-state index in [4.69, 9.17) is 0 Å². The Morgan fingerprint density at radius 1 is 1.29 bits per heavy atom. The zero-order valence-electron chi connectivity index (χ0n) is 10.8. The summed E-state index contributed by atoms with van der Waals surface area (Å²) in [6, 6.07) is 3.15. The van der Waals surface area contributed by atoms with Crippen LogP contribution in [-0.4, -0.2) is 6.04 Å². The summed E-state index contributed by atoms with van der Waals surface area (Å²) in [4.78, 5) is 3.22. The highest BCUT2D eigenvalue weighted by atomic mass is 32.1. The van der Waals surface area contributed by atoms with E-state index in [1.165, 1.54) is 44.9 Å². The van der Waals surface area contributed by atoms with Crippen LogP contribution in [0, 0.1) is 5.92 Å². The molecule has 2 heteroatoms. The van der Waals surface area contributed by atoms with Gasteiger partial charge in [-0.1, -0.05) is 12.8 Å². The van der Waals surface area contributed by atoms with Crippen molar-refractivity contribution in [1.29, 1.82) is 0 Å². The molecule has 1 aromatic rings. The molecule has 0 amide bonds. The van der Waals surface area contributed by atoms with Gasteiger partial charge in [-0.15, -0.1) is 11.3 Å². The number of hydrogen-bond donors (Lipinski definition) is 1. The first-order valence-electron chi connectivity index (χ1n) is 7.17. The van der Waals surface area contributed by atoms with Crippen molar-refractivity contribution in [3.05, 3.63) is 21.4 Å². The van der Waals surface area contributed by atoms with Gasteiger partial charge in [0.05, 0.1) is 0 Å². The second-order valence-corrected chi connectivity index (χ2v) is 6.95. The molecule has 1 atom stereocenters. The molecule has 2 aliphatic rings. The van der Waals surface area contributed by atoms with E-state index in [2.05, 4.69) is 18.3 Å². The molecule has 2 aliphatic carbocycles. The van der Waals surface area contributed by atoms with Crippen molar-refractivity contribution in [2.45, 2.75) is 64.5 Å². The molecule has 1 saturated carbocycles. The predicted octanol–water partition coefficient (Wildman–Crippen LogP) is 3.91. The van der Waals surface area contributed by atoms with E-state index in [9.17, 15) is 0 Å². The first-order chi connectivity index (χ1) is 8.33. The molecule has 0 radical (unpaired) electrons. The molecule has 94 valence electrons. The summed E-state index contributed by atoms with van der Waals surface area (Å²) in [5.74, 6) is 0.932. The van der Waals surface area contributed by atoms with Crippen LogP contribution in [-0.2, 0) is 19.4 Å². The first kappa shape index (κ1) is 11.7. The van der Waals surface area contributed by atoms with Crippen molar-refractivity contribution in [3.8, 4) is 0 Å². The van der Waals surface area contributed by atoms with E-state index in [0.29, 0.717) is 6.04 Å². The minimum absolute atomic E-state index is 0.703. The van der Waals surface area contributed by atoms with Crippen molar-refractivity contribution in [3.63, 3.8) is 0 Å².